The summed E-state index contributed by atoms with van der Waals surface area (Å²) >= 11 is 13.6. The average Bonchev–Trinajstić information content (AvgIpc) is 2.98. The van der Waals surface area contributed by atoms with Gasteiger partial charge in [0.25, 0.3) is 0 Å². The summed E-state index contributed by atoms with van der Waals surface area (Å²) in [7, 11) is 0. The molecule has 0 saturated carbocycles. The van der Waals surface area contributed by atoms with Gasteiger partial charge in [0, 0.05) is 49.9 Å². The minimum atomic E-state index is 0. The molecule has 2 rings (SSSR count). The molecule has 0 aliphatic carbocycles. The second kappa shape index (κ2) is 12.5. The molecule has 2 aromatic heterocycles. The Labute approximate surface area is 185 Å². The van der Waals surface area contributed by atoms with Gasteiger partial charge in [-0.05, 0) is 19.9 Å². The van der Waals surface area contributed by atoms with E-state index < -0.39 is 0 Å². The summed E-state index contributed by atoms with van der Waals surface area (Å²) in [5, 5.41) is 11.8. The lowest BCUT2D eigenvalue weighted by molar-refractivity contribution is 0.813. The van der Waals surface area contributed by atoms with Crippen molar-refractivity contribution in [3.63, 3.8) is 0 Å². The zero-order valence-corrected chi connectivity index (χ0v) is 19.3. The predicted molar refractivity (Wildman–Crippen MR) is 123 cm³/mol. The number of guanidine groups is 1. The normalized spacial score (nSPS) is 11.0. The van der Waals surface area contributed by atoms with Crippen molar-refractivity contribution in [3.05, 3.63) is 38.4 Å². The first-order valence-corrected chi connectivity index (χ1v) is 9.64. The fourth-order valence-corrected chi connectivity index (χ4v) is 3.25. The van der Waals surface area contributed by atoms with Gasteiger partial charge in [-0.25, -0.2) is 9.97 Å². The summed E-state index contributed by atoms with van der Waals surface area (Å²) in [6.45, 7) is 6.94. The summed E-state index contributed by atoms with van der Waals surface area (Å²) < 4.78 is 0. The quantitative estimate of drug-likeness (QED) is 0.209. The molecule has 0 saturated heterocycles. The Bertz CT molecular complexity index is 710. The van der Waals surface area contributed by atoms with Gasteiger partial charge in [-0.15, -0.1) is 35.3 Å². The first kappa shape index (κ1) is 23.2. The van der Waals surface area contributed by atoms with Gasteiger partial charge in [0.1, 0.15) is 5.82 Å². The maximum Gasteiger partial charge on any atom is 0.191 e. The highest BCUT2D eigenvalue weighted by Gasteiger charge is 2.03. The van der Waals surface area contributed by atoms with E-state index in [1.807, 2.05) is 13.1 Å². The number of nitrogens with one attached hydrogen (secondary N) is 3. The predicted octanol–water partition coefficient (Wildman–Crippen LogP) is 3.98. The van der Waals surface area contributed by atoms with E-state index >= 15 is 0 Å². The van der Waals surface area contributed by atoms with Crippen LogP contribution in [-0.2, 0) is 6.42 Å². The summed E-state index contributed by atoms with van der Waals surface area (Å²) in [5.41, 5.74) is 0. The van der Waals surface area contributed by atoms with E-state index in [2.05, 4.69) is 37.8 Å². The van der Waals surface area contributed by atoms with Crippen LogP contribution in [0.1, 0.15) is 16.8 Å². The van der Waals surface area contributed by atoms with Crippen molar-refractivity contribution < 1.29 is 0 Å². The van der Waals surface area contributed by atoms with Crippen molar-refractivity contribution in [3.8, 4) is 0 Å². The number of thiazole rings is 1. The first-order chi connectivity index (χ1) is 12.1. The van der Waals surface area contributed by atoms with E-state index in [4.69, 9.17) is 23.2 Å². The van der Waals surface area contributed by atoms with E-state index in [-0.39, 0.29) is 24.0 Å². The van der Waals surface area contributed by atoms with Crippen molar-refractivity contribution in [2.45, 2.75) is 20.3 Å². The van der Waals surface area contributed by atoms with Crippen LogP contribution < -0.4 is 16.0 Å². The van der Waals surface area contributed by atoms with Gasteiger partial charge in [-0.3, -0.25) is 4.99 Å². The lowest BCUT2D eigenvalue weighted by atomic mass is 10.4. The lowest BCUT2D eigenvalue weighted by Gasteiger charge is -2.12. The third-order valence-electron chi connectivity index (χ3n) is 3.13. The number of pyridine rings is 1. The van der Waals surface area contributed by atoms with Crippen LogP contribution in [0.3, 0.4) is 0 Å². The molecule has 144 valence electrons. The van der Waals surface area contributed by atoms with Crippen LogP contribution in [0.2, 0.25) is 10.0 Å². The smallest absolute Gasteiger partial charge is 0.191 e. The van der Waals surface area contributed by atoms with Gasteiger partial charge in [-0.1, -0.05) is 23.2 Å². The third kappa shape index (κ3) is 8.24. The Morgan fingerprint density at radius 3 is 2.65 bits per heavy atom. The van der Waals surface area contributed by atoms with E-state index in [1.165, 1.54) is 4.88 Å². The average molecular weight is 529 g/mol. The molecule has 0 fully saturated rings. The van der Waals surface area contributed by atoms with Crippen LogP contribution >= 0.6 is 58.5 Å². The monoisotopic (exact) mass is 528 g/mol. The zero-order valence-electron chi connectivity index (χ0n) is 14.7. The van der Waals surface area contributed by atoms with Gasteiger partial charge in [0.05, 0.1) is 15.1 Å². The van der Waals surface area contributed by atoms with Crippen molar-refractivity contribution >= 4 is 70.3 Å². The molecule has 26 heavy (non-hydrogen) atoms. The second-order valence-electron chi connectivity index (χ2n) is 5.21. The highest BCUT2D eigenvalue weighted by atomic mass is 127. The van der Waals surface area contributed by atoms with Gasteiger partial charge in [0.15, 0.2) is 5.96 Å². The minimum absolute atomic E-state index is 0. The molecule has 2 heterocycles. The topological polar surface area (TPSA) is 74.2 Å². The van der Waals surface area contributed by atoms with Crippen molar-refractivity contribution in [1.29, 1.82) is 0 Å². The number of aromatic nitrogens is 2. The number of hydrogen-bond donors (Lipinski definition) is 3. The molecule has 0 aromatic carbocycles. The van der Waals surface area contributed by atoms with Crippen LogP contribution in [-0.4, -0.2) is 42.1 Å². The molecule has 0 unspecified atom stereocenters. The van der Waals surface area contributed by atoms with Crippen LogP contribution in [0.4, 0.5) is 5.82 Å². The molecule has 10 heteroatoms. The van der Waals surface area contributed by atoms with Crippen molar-refractivity contribution in [2.75, 3.05) is 31.5 Å². The minimum Gasteiger partial charge on any atom is -0.367 e. The molecule has 0 amide bonds. The molecule has 3 N–H and O–H groups in total. The molecule has 0 bridgehead atoms. The fourth-order valence-electron chi connectivity index (χ4n) is 2.03. The number of nitrogens with zero attached hydrogens (tertiary/aromatic N) is 3. The summed E-state index contributed by atoms with van der Waals surface area (Å²) in [6.07, 6.45) is 4.31. The lowest BCUT2D eigenvalue weighted by Crippen LogP contribution is -2.39. The van der Waals surface area contributed by atoms with E-state index in [1.54, 1.807) is 23.6 Å². The fraction of sp³-hybridized carbons (Fsp3) is 0.438. The van der Waals surface area contributed by atoms with Gasteiger partial charge in [-0.2, -0.15) is 0 Å². The highest BCUT2D eigenvalue weighted by molar-refractivity contribution is 14.0. The summed E-state index contributed by atoms with van der Waals surface area (Å²) in [4.78, 5) is 14.3. The third-order valence-corrected chi connectivity index (χ3v) is 4.59. The highest BCUT2D eigenvalue weighted by Crippen LogP contribution is 2.21. The van der Waals surface area contributed by atoms with Crippen molar-refractivity contribution in [2.24, 2.45) is 4.99 Å². The molecule has 0 aliphatic heterocycles. The summed E-state index contributed by atoms with van der Waals surface area (Å²) in [6, 6.07) is 1.66. The van der Waals surface area contributed by atoms with E-state index in [9.17, 15) is 0 Å². The number of hydrogen-bond acceptors (Lipinski definition) is 5. The number of anilines is 1. The molecule has 0 atom stereocenters. The van der Waals surface area contributed by atoms with Gasteiger partial charge in [0.2, 0.25) is 0 Å². The SMILES string of the molecule is CCNC(=NCCc1ncc(C)s1)NCCNc1ncc(Cl)cc1Cl.I. The first-order valence-electron chi connectivity index (χ1n) is 8.07. The molecule has 6 nitrogen and oxygen atoms in total. The van der Waals surface area contributed by atoms with Crippen molar-refractivity contribution in [1.82, 2.24) is 20.6 Å². The Balaban J connectivity index is 0.00000338. The standard InChI is InChI=1S/C16H22Cl2N6S.HI/c1-3-19-16(21-5-4-14-23-9-11(2)25-14)22-7-6-20-15-13(18)8-12(17)10-24-15;/h8-10H,3-7H2,1-2H3,(H,20,24)(H2,19,21,22);1H. The van der Waals surface area contributed by atoms with Crippen LogP contribution in [0, 0.1) is 6.92 Å². The Morgan fingerprint density at radius 2 is 2.00 bits per heavy atom. The molecule has 2 aromatic rings. The zero-order chi connectivity index (χ0) is 18.1. The largest absolute Gasteiger partial charge is 0.367 e. The van der Waals surface area contributed by atoms with Crippen LogP contribution in [0.25, 0.3) is 0 Å². The van der Waals surface area contributed by atoms with Gasteiger partial charge < -0.3 is 16.0 Å². The Morgan fingerprint density at radius 1 is 1.19 bits per heavy atom. The molecule has 0 aliphatic rings. The molecular formula is C16H23Cl2IN6S. The van der Waals surface area contributed by atoms with Crippen LogP contribution in [0.5, 0.6) is 0 Å². The summed E-state index contributed by atoms with van der Waals surface area (Å²) in [5.74, 6) is 1.40. The number of aryl methyl sites for hydroxylation is 1. The number of halogens is 3. The Kier molecular flexibility index (Phi) is 11.2. The van der Waals surface area contributed by atoms with E-state index in [0.717, 1.165) is 23.9 Å². The van der Waals surface area contributed by atoms with Crippen LogP contribution in [0.15, 0.2) is 23.5 Å². The maximum absolute atomic E-state index is 6.08. The number of aliphatic imine (C=N–C) groups is 1. The number of rotatable bonds is 8. The second-order valence-corrected chi connectivity index (χ2v) is 7.38. The maximum atomic E-state index is 6.08. The van der Waals surface area contributed by atoms with E-state index in [0.29, 0.717) is 35.5 Å². The molecular weight excluding hydrogens is 506 g/mol. The van der Waals surface area contributed by atoms with Gasteiger partial charge >= 0.3 is 0 Å². The molecule has 0 spiro atoms. The molecule has 0 radical (unpaired) electrons. The Hall–Kier alpha value is -0.840.